The highest BCUT2D eigenvalue weighted by Crippen LogP contribution is 2.21. The van der Waals surface area contributed by atoms with E-state index in [0.29, 0.717) is 21.5 Å². The lowest BCUT2D eigenvalue weighted by molar-refractivity contribution is -0.127. The molecule has 0 aliphatic carbocycles. The summed E-state index contributed by atoms with van der Waals surface area (Å²) in [5.74, 6) is 0.00684. The lowest BCUT2D eigenvalue weighted by Gasteiger charge is -2.17. The lowest BCUT2D eigenvalue weighted by atomic mass is 10.2. The highest BCUT2D eigenvalue weighted by Gasteiger charge is 2.15. The molecule has 9 heteroatoms. The fourth-order valence-corrected chi connectivity index (χ4v) is 3.01. The van der Waals surface area contributed by atoms with E-state index in [1.54, 1.807) is 31.6 Å². The summed E-state index contributed by atoms with van der Waals surface area (Å²) >= 11 is 7.18. The van der Waals surface area contributed by atoms with Crippen LogP contribution in [0.5, 0.6) is 0 Å². The molecule has 3 rings (SSSR count). The zero-order valence-corrected chi connectivity index (χ0v) is 14.3. The van der Waals surface area contributed by atoms with E-state index < -0.39 is 5.82 Å². The van der Waals surface area contributed by atoms with Crippen molar-refractivity contribution in [3.05, 3.63) is 53.1 Å². The van der Waals surface area contributed by atoms with Gasteiger partial charge in [0.15, 0.2) is 0 Å². The number of carbonyl (C=O) groups is 1. The molecular weight excluding hydrogens is 353 g/mol. The third kappa shape index (κ3) is 3.65. The molecule has 0 aliphatic heterocycles. The van der Waals surface area contributed by atoms with E-state index in [1.165, 1.54) is 33.3 Å². The number of halogens is 2. The van der Waals surface area contributed by atoms with Gasteiger partial charge in [0.25, 0.3) is 5.78 Å². The largest absolute Gasteiger partial charge is 0.341 e. The second-order valence-corrected chi connectivity index (χ2v) is 6.35. The first-order valence-electron chi connectivity index (χ1n) is 7.01. The predicted octanol–water partition coefficient (Wildman–Crippen LogP) is 2.67. The quantitative estimate of drug-likeness (QED) is 0.650. The van der Waals surface area contributed by atoms with E-state index in [4.69, 9.17) is 11.6 Å². The highest BCUT2D eigenvalue weighted by molar-refractivity contribution is 7.99. The summed E-state index contributed by atoms with van der Waals surface area (Å²) in [5.41, 5.74) is 0.301. The Labute approximate surface area is 146 Å². The van der Waals surface area contributed by atoms with Crippen molar-refractivity contribution in [3.8, 4) is 0 Å². The second kappa shape index (κ2) is 7.14. The molecule has 3 aromatic rings. The monoisotopic (exact) mass is 365 g/mol. The van der Waals surface area contributed by atoms with E-state index in [2.05, 4.69) is 15.1 Å². The summed E-state index contributed by atoms with van der Waals surface area (Å²) in [4.78, 5) is 21.9. The Morgan fingerprint density at radius 2 is 2.25 bits per heavy atom. The number of amides is 1. The number of rotatable bonds is 5. The molecule has 0 fully saturated rings. The van der Waals surface area contributed by atoms with Crippen LogP contribution in [0, 0.1) is 5.82 Å². The van der Waals surface area contributed by atoms with E-state index in [0.717, 1.165) is 0 Å². The average molecular weight is 366 g/mol. The molecule has 0 atom stereocenters. The molecule has 0 aliphatic rings. The Bertz CT molecular complexity index is 834. The van der Waals surface area contributed by atoms with Crippen molar-refractivity contribution in [1.82, 2.24) is 24.5 Å². The van der Waals surface area contributed by atoms with Gasteiger partial charge in [-0.1, -0.05) is 29.4 Å². The summed E-state index contributed by atoms with van der Waals surface area (Å²) < 4.78 is 15.3. The molecule has 0 saturated heterocycles. The molecule has 0 saturated carbocycles. The van der Waals surface area contributed by atoms with Gasteiger partial charge >= 0.3 is 0 Å². The Hall–Kier alpha value is -2.19. The molecule has 6 nitrogen and oxygen atoms in total. The minimum absolute atomic E-state index is 0.102. The lowest BCUT2D eigenvalue weighted by Crippen LogP contribution is -2.28. The Morgan fingerprint density at radius 1 is 1.42 bits per heavy atom. The van der Waals surface area contributed by atoms with Gasteiger partial charge in [0, 0.05) is 36.6 Å². The molecule has 2 heterocycles. The standard InChI is InChI=1S/C15H13ClFN5OS/c1-21(8-10-11(16)4-2-5-12(10)17)13(23)9-24-15-19-14-18-6-3-7-22(14)20-15/h2-7H,8-9H2,1H3. The van der Waals surface area contributed by atoms with Gasteiger partial charge in [-0.25, -0.2) is 13.9 Å². The molecule has 0 radical (unpaired) electrons. The number of thioether (sulfide) groups is 1. The first kappa shape index (κ1) is 16.7. The van der Waals surface area contributed by atoms with Crippen LogP contribution in [0.2, 0.25) is 5.02 Å². The van der Waals surface area contributed by atoms with E-state index >= 15 is 0 Å². The average Bonchev–Trinajstić information content (AvgIpc) is 2.99. The van der Waals surface area contributed by atoms with Crippen molar-refractivity contribution < 1.29 is 9.18 Å². The summed E-state index contributed by atoms with van der Waals surface area (Å²) in [6.07, 6.45) is 3.35. The predicted molar refractivity (Wildman–Crippen MR) is 89.4 cm³/mol. The molecule has 1 aromatic carbocycles. The van der Waals surface area contributed by atoms with E-state index in [9.17, 15) is 9.18 Å². The molecular formula is C15H13ClFN5OS. The van der Waals surface area contributed by atoms with Gasteiger partial charge in [0.2, 0.25) is 11.1 Å². The topological polar surface area (TPSA) is 63.4 Å². The third-order valence-electron chi connectivity index (χ3n) is 3.30. The Morgan fingerprint density at radius 3 is 3.00 bits per heavy atom. The number of hydrogen-bond donors (Lipinski definition) is 0. The maximum atomic E-state index is 13.8. The minimum atomic E-state index is -0.428. The van der Waals surface area contributed by atoms with Crippen molar-refractivity contribution in [2.45, 2.75) is 11.7 Å². The maximum Gasteiger partial charge on any atom is 0.253 e. The van der Waals surface area contributed by atoms with E-state index in [-0.39, 0.29) is 18.2 Å². The van der Waals surface area contributed by atoms with Gasteiger partial charge in [-0.2, -0.15) is 4.98 Å². The smallest absolute Gasteiger partial charge is 0.253 e. The van der Waals surface area contributed by atoms with Crippen molar-refractivity contribution >= 4 is 35.0 Å². The van der Waals surface area contributed by atoms with Gasteiger partial charge < -0.3 is 4.90 Å². The first-order valence-corrected chi connectivity index (χ1v) is 8.38. The van der Waals surface area contributed by atoms with Crippen molar-refractivity contribution in [3.63, 3.8) is 0 Å². The maximum absolute atomic E-state index is 13.8. The molecule has 0 N–H and O–H groups in total. The Balaban J connectivity index is 1.62. The van der Waals surface area contributed by atoms with Crippen LogP contribution in [0.3, 0.4) is 0 Å². The molecule has 0 spiro atoms. The Kier molecular flexibility index (Phi) is 4.96. The third-order valence-corrected chi connectivity index (χ3v) is 4.48. The molecule has 0 unspecified atom stereocenters. The fraction of sp³-hybridized carbons (Fsp3) is 0.200. The van der Waals surface area contributed by atoms with Crippen LogP contribution in [-0.2, 0) is 11.3 Å². The van der Waals surface area contributed by atoms with Crippen molar-refractivity contribution in [2.24, 2.45) is 0 Å². The molecule has 2 aromatic heterocycles. The zero-order valence-electron chi connectivity index (χ0n) is 12.7. The van der Waals surface area contributed by atoms with Gasteiger partial charge in [-0.3, -0.25) is 4.79 Å². The van der Waals surface area contributed by atoms with E-state index in [1.807, 2.05) is 0 Å². The number of nitrogens with zero attached hydrogens (tertiary/aromatic N) is 5. The van der Waals surface area contributed by atoms with Crippen molar-refractivity contribution in [1.29, 1.82) is 0 Å². The van der Waals surface area contributed by atoms with Gasteiger partial charge in [-0.05, 0) is 18.2 Å². The minimum Gasteiger partial charge on any atom is -0.341 e. The zero-order chi connectivity index (χ0) is 17.1. The number of benzene rings is 1. The van der Waals surface area contributed by atoms with Gasteiger partial charge in [0.05, 0.1) is 5.75 Å². The van der Waals surface area contributed by atoms with Crippen LogP contribution < -0.4 is 0 Å². The first-order chi connectivity index (χ1) is 11.5. The summed E-state index contributed by atoms with van der Waals surface area (Å²) in [5, 5.41) is 4.97. The van der Waals surface area contributed by atoms with Crippen molar-refractivity contribution in [2.75, 3.05) is 12.8 Å². The number of fused-ring (bicyclic) bond motifs is 1. The second-order valence-electron chi connectivity index (χ2n) is 5.00. The molecule has 0 bridgehead atoms. The SMILES string of the molecule is CN(Cc1c(F)cccc1Cl)C(=O)CSc1nc2ncccn2n1. The fourth-order valence-electron chi connectivity index (χ4n) is 2.02. The summed E-state index contributed by atoms with van der Waals surface area (Å²) in [6, 6.07) is 6.19. The van der Waals surface area contributed by atoms with Crippen LogP contribution in [0.25, 0.3) is 5.78 Å². The van der Waals surface area contributed by atoms with Crippen LogP contribution in [0.15, 0.2) is 41.8 Å². The summed E-state index contributed by atoms with van der Waals surface area (Å²) in [6.45, 7) is 0.102. The number of aromatic nitrogens is 4. The van der Waals surface area contributed by atoms with Gasteiger partial charge in [0.1, 0.15) is 5.82 Å². The number of hydrogen-bond acceptors (Lipinski definition) is 5. The van der Waals surface area contributed by atoms with Crippen LogP contribution in [0.4, 0.5) is 4.39 Å². The molecule has 24 heavy (non-hydrogen) atoms. The van der Waals surface area contributed by atoms with Crippen LogP contribution in [-0.4, -0.2) is 43.2 Å². The normalized spacial score (nSPS) is 11.0. The summed E-state index contributed by atoms with van der Waals surface area (Å²) in [7, 11) is 1.60. The molecule has 124 valence electrons. The molecule has 1 amide bonds. The highest BCUT2D eigenvalue weighted by atomic mass is 35.5. The number of carbonyl (C=O) groups excluding carboxylic acids is 1. The van der Waals surface area contributed by atoms with Crippen LogP contribution in [0.1, 0.15) is 5.56 Å². The van der Waals surface area contributed by atoms with Gasteiger partial charge in [-0.15, -0.1) is 5.10 Å². The van der Waals surface area contributed by atoms with Crippen LogP contribution >= 0.6 is 23.4 Å².